The van der Waals surface area contributed by atoms with E-state index < -0.39 is 11.9 Å². The Kier molecular flexibility index (Phi) is 4.66. The van der Waals surface area contributed by atoms with Gasteiger partial charge in [0.2, 0.25) is 0 Å². The molecule has 2 aromatic heterocycles. The predicted molar refractivity (Wildman–Crippen MR) is 89.3 cm³/mol. The van der Waals surface area contributed by atoms with Crippen LogP contribution in [-0.2, 0) is 9.53 Å². The number of amides is 1. The molecule has 0 fully saturated rings. The Labute approximate surface area is 141 Å². The Bertz CT molecular complexity index is 879. The number of hydrogen-bond donors (Lipinski definition) is 1. The summed E-state index contributed by atoms with van der Waals surface area (Å²) in [6.07, 6.45) is 2.96. The van der Waals surface area contributed by atoms with Crippen molar-refractivity contribution in [3.05, 3.63) is 48.3 Å². The van der Waals surface area contributed by atoms with Crippen molar-refractivity contribution in [1.29, 1.82) is 0 Å². The molecule has 3 rings (SSSR count). The zero-order valence-corrected chi connectivity index (χ0v) is 13.5. The van der Waals surface area contributed by atoms with Gasteiger partial charge in [-0.15, -0.1) is 0 Å². The number of rotatable bonds is 5. The highest BCUT2D eigenvalue weighted by atomic mass is 32.1. The van der Waals surface area contributed by atoms with Crippen LogP contribution >= 0.6 is 11.3 Å². The molecule has 1 N–H and O–H groups in total. The molecular weight excluding hydrogens is 330 g/mol. The predicted octanol–water partition coefficient (Wildman–Crippen LogP) is 2.50. The number of anilines is 1. The van der Waals surface area contributed by atoms with E-state index in [9.17, 15) is 9.59 Å². The van der Waals surface area contributed by atoms with Gasteiger partial charge in [-0.2, -0.15) is 0 Å². The van der Waals surface area contributed by atoms with Crippen LogP contribution < -0.4 is 10.1 Å². The van der Waals surface area contributed by atoms with Crippen molar-refractivity contribution in [2.45, 2.75) is 0 Å². The fourth-order valence-corrected chi connectivity index (χ4v) is 2.85. The zero-order valence-electron chi connectivity index (χ0n) is 12.7. The molecule has 0 saturated carbocycles. The molecule has 24 heavy (non-hydrogen) atoms. The maximum absolute atomic E-state index is 11.9. The second-order valence-electron chi connectivity index (χ2n) is 4.71. The van der Waals surface area contributed by atoms with Gasteiger partial charge in [0.15, 0.2) is 11.7 Å². The van der Waals surface area contributed by atoms with Gasteiger partial charge in [-0.1, -0.05) is 11.3 Å². The summed E-state index contributed by atoms with van der Waals surface area (Å²) in [5, 5.41) is 3.05. The van der Waals surface area contributed by atoms with Gasteiger partial charge < -0.3 is 9.47 Å². The number of nitrogens with zero attached hydrogens (tertiary/aromatic N) is 2. The number of benzene rings is 1. The van der Waals surface area contributed by atoms with E-state index >= 15 is 0 Å². The number of pyridine rings is 1. The maximum atomic E-state index is 11.9. The minimum absolute atomic E-state index is 0.338. The number of nitrogens with one attached hydrogen (secondary N) is 1. The van der Waals surface area contributed by atoms with E-state index in [0.29, 0.717) is 10.7 Å². The molecule has 7 nitrogen and oxygen atoms in total. The lowest BCUT2D eigenvalue weighted by Gasteiger charge is -2.04. The highest BCUT2D eigenvalue weighted by Crippen LogP contribution is 2.29. The monoisotopic (exact) mass is 343 g/mol. The van der Waals surface area contributed by atoms with Crippen molar-refractivity contribution in [1.82, 2.24) is 9.97 Å². The van der Waals surface area contributed by atoms with Crippen molar-refractivity contribution in [3.8, 4) is 5.75 Å². The van der Waals surface area contributed by atoms with E-state index in [-0.39, 0.29) is 6.61 Å². The first-order chi connectivity index (χ1) is 11.7. The molecule has 8 heteroatoms. The van der Waals surface area contributed by atoms with Gasteiger partial charge in [-0.25, -0.2) is 9.78 Å². The van der Waals surface area contributed by atoms with Crippen LogP contribution in [0.15, 0.2) is 42.7 Å². The van der Waals surface area contributed by atoms with Crippen LogP contribution in [0.4, 0.5) is 5.13 Å². The Hall–Kier alpha value is -3.00. The van der Waals surface area contributed by atoms with E-state index in [1.807, 2.05) is 12.1 Å². The minimum atomic E-state index is -0.582. The number of ether oxygens (including phenoxy) is 2. The molecule has 0 bridgehead atoms. The van der Waals surface area contributed by atoms with Gasteiger partial charge in [0.05, 0.1) is 22.9 Å². The summed E-state index contributed by atoms with van der Waals surface area (Å²) in [5.41, 5.74) is 1.09. The van der Waals surface area contributed by atoms with Gasteiger partial charge >= 0.3 is 5.97 Å². The van der Waals surface area contributed by atoms with Crippen LogP contribution in [0.2, 0.25) is 0 Å². The minimum Gasteiger partial charge on any atom is -0.497 e. The Morgan fingerprint density at radius 1 is 1.21 bits per heavy atom. The van der Waals surface area contributed by atoms with E-state index in [0.717, 1.165) is 16.0 Å². The lowest BCUT2D eigenvalue weighted by Crippen LogP contribution is -2.20. The first-order valence-corrected chi connectivity index (χ1v) is 7.79. The maximum Gasteiger partial charge on any atom is 0.338 e. The number of aromatic nitrogens is 2. The third-order valence-corrected chi connectivity index (χ3v) is 4.03. The van der Waals surface area contributed by atoms with Crippen LogP contribution in [0.25, 0.3) is 10.2 Å². The number of thiazole rings is 1. The Morgan fingerprint density at radius 3 is 2.75 bits per heavy atom. The van der Waals surface area contributed by atoms with Crippen LogP contribution in [0, 0.1) is 0 Å². The lowest BCUT2D eigenvalue weighted by molar-refractivity contribution is -0.119. The summed E-state index contributed by atoms with van der Waals surface area (Å²) in [4.78, 5) is 31.8. The number of fused-ring (bicyclic) bond motifs is 1. The molecule has 1 amide bonds. The average Bonchev–Trinajstić information content (AvgIpc) is 3.01. The fraction of sp³-hybridized carbons (Fsp3) is 0.125. The molecule has 3 aromatic rings. The highest BCUT2D eigenvalue weighted by Gasteiger charge is 2.12. The van der Waals surface area contributed by atoms with Gasteiger partial charge in [0.25, 0.3) is 5.91 Å². The number of carbonyl (C=O) groups excluding carboxylic acids is 2. The molecule has 0 unspecified atom stereocenters. The summed E-state index contributed by atoms with van der Waals surface area (Å²) in [7, 11) is 1.59. The van der Waals surface area contributed by atoms with Gasteiger partial charge in [0, 0.05) is 12.4 Å². The molecule has 0 radical (unpaired) electrons. The first-order valence-electron chi connectivity index (χ1n) is 6.97. The zero-order chi connectivity index (χ0) is 16.9. The third-order valence-electron chi connectivity index (χ3n) is 3.09. The smallest absolute Gasteiger partial charge is 0.338 e. The standard InChI is InChI=1S/C16H13N3O4S/c1-22-11-2-3-12-13(8-11)24-16(18-12)19-14(20)9-23-15(21)10-4-6-17-7-5-10/h2-8H,9H2,1H3,(H,18,19,20). The lowest BCUT2D eigenvalue weighted by atomic mass is 10.3. The summed E-state index contributed by atoms with van der Waals surface area (Å²) in [6, 6.07) is 8.47. The van der Waals surface area contributed by atoms with Crippen LogP contribution in [0.5, 0.6) is 5.75 Å². The van der Waals surface area contributed by atoms with Crippen molar-refractivity contribution in [2.75, 3.05) is 19.0 Å². The largest absolute Gasteiger partial charge is 0.497 e. The van der Waals surface area contributed by atoms with Crippen molar-refractivity contribution in [3.63, 3.8) is 0 Å². The van der Waals surface area contributed by atoms with Crippen LogP contribution in [0.1, 0.15) is 10.4 Å². The van der Waals surface area contributed by atoms with E-state index in [4.69, 9.17) is 9.47 Å². The SMILES string of the molecule is COc1ccc2nc(NC(=O)COC(=O)c3ccncc3)sc2c1. The molecule has 0 aliphatic heterocycles. The quantitative estimate of drug-likeness (QED) is 0.716. The Morgan fingerprint density at radius 2 is 2.00 bits per heavy atom. The normalized spacial score (nSPS) is 10.4. The fourth-order valence-electron chi connectivity index (χ4n) is 1.94. The molecule has 2 heterocycles. The van der Waals surface area contributed by atoms with Crippen molar-refractivity contribution in [2.24, 2.45) is 0 Å². The summed E-state index contributed by atoms with van der Waals surface area (Å²) < 4.78 is 11.0. The van der Waals surface area contributed by atoms with Gasteiger partial charge in [-0.3, -0.25) is 15.1 Å². The van der Waals surface area contributed by atoms with Crippen molar-refractivity contribution < 1.29 is 19.1 Å². The number of hydrogen-bond acceptors (Lipinski definition) is 7. The third kappa shape index (κ3) is 3.66. The summed E-state index contributed by atoms with van der Waals surface area (Å²) >= 11 is 1.31. The number of methoxy groups -OCH3 is 1. The topological polar surface area (TPSA) is 90.4 Å². The van der Waals surface area contributed by atoms with Gasteiger partial charge in [0.1, 0.15) is 5.75 Å². The average molecular weight is 343 g/mol. The van der Waals surface area contributed by atoms with Crippen LogP contribution in [-0.4, -0.2) is 35.6 Å². The molecule has 0 spiro atoms. The molecule has 1 aromatic carbocycles. The van der Waals surface area contributed by atoms with E-state index in [1.165, 1.54) is 35.9 Å². The summed E-state index contributed by atoms with van der Waals surface area (Å²) in [6.45, 7) is -0.388. The van der Waals surface area contributed by atoms with E-state index in [1.54, 1.807) is 13.2 Å². The molecule has 122 valence electrons. The Balaban J connectivity index is 1.59. The second-order valence-corrected chi connectivity index (χ2v) is 5.74. The molecule has 0 aliphatic rings. The van der Waals surface area contributed by atoms with E-state index in [2.05, 4.69) is 15.3 Å². The molecule has 0 aliphatic carbocycles. The van der Waals surface area contributed by atoms with Crippen molar-refractivity contribution >= 4 is 38.6 Å². The number of carbonyl (C=O) groups is 2. The molecule has 0 saturated heterocycles. The highest BCUT2D eigenvalue weighted by molar-refractivity contribution is 7.22. The second kappa shape index (κ2) is 7.05. The van der Waals surface area contributed by atoms with Crippen LogP contribution in [0.3, 0.4) is 0 Å². The molecular formula is C16H13N3O4S. The number of esters is 1. The van der Waals surface area contributed by atoms with Gasteiger partial charge in [-0.05, 0) is 30.3 Å². The summed E-state index contributed by atoms with van der Waals surface area (Å²) in [5.74, 6) is -0.319. The molecule has 0 atom stereocenters. The first kappa shape index (κ1) is 15.9.